The fraction of sp³-hybridized carbons (Fsp3) is 0.250. The number of benzene rings is 2. The molecule has 0 aliphatic heterocycles. The van der Waals surface area contributed by atoms with Gasteiger partial charge < -0.3 is 13.9 Å². The van der Waals surface area contributed by atoms with Crippen molar-refractivity contribution in [2.24, 2.45) is 0 Å². The molecule has 0 saturated carbocycles. The van der Waals surface area contributed by atoms with E-state index in [2.05, 4.69) is 0 Å². The molecule has 0 bridgehead atoms. The number of aromatic nitrogens is 1. The van der Waals surface area contributed by atoms with E-state index in [9.17, 15) is 4.79 Å². The van der Waals surface area contributed by atoms with Crippen molar-refractivity contribution in [3.63, 3.8) is 0 Å². The van der Waals surface area contributed by atoms with Gasteiger partial charge in [0.05, 0.1) is 31.7 Å². The number of amides is 1. The number of ether oxygens (including phenoxy) is 2. The van der Waals surface area contributed by atoms with Crippen LogP contribution in [0.1, 0.15) is 18.6 Å². The van der Waals surface area contributed by atoms with Crippen LogP contribution in [0.25, 0.3) is 10.2 Å². The standard InChI is InChI=1S/C24H24N2O4S2/c1-28-17-10-12-19(13-11-17)31-15-5-9-22(27)26(16-18-6-4-14-30-18)24-25-23-20(29-2)7-3-8-21(23)32-24/h3-4,6-8,10-14H,5,9,15-16H2,1-2H3. The van der Waals surface area contributed by atoms with Crippen LogP contribution in [0.5, 0.6) is 11.5 Å². The number of thiazole rings is 1. The van der Waals surface area contributed by atoms with Crippen molar-refractivity contribution in [3.05, 3.63) is 66.6 Å². The molecule has 0 aliphatic carbocycles. The van der Waals surface area contributed by atoms with E-state index in [1.807, 2.05) is 54.6 Å². The number of rotatable bonds is 10. The Morgan fingerprint density at radius 3 is 2.66 bits per heavy atom. The Kier molecular flexibility index (Phi) is 7.34. The van der Waals surface area contributed by atoms with E-state index >= 15 is 0 Å². The molecular formula is C24H24N2O4S2. The Labute approximate surface area is 195 Å². The Hall–Kier alpha value is -2.97. The SMILES string of the molecule is COc1ccc(SCCCC(=O)N(Cc2ccco2)c2nc3c(OC)cccc3s2)cc1. The van der Waals surface area contributed by atoms with Gasteiger partial charge in [-0.3, -0.25) is 9.69 Å². The van der Waals surface area contributed by atoms with Gasteiger partial charge in [0.15, 0.2) is 5.13 Å². The highest BCUT2D eigenvalue weighted by Crippen LogP contribution is 2.35. The van der Waals surface area contributed by atoms with Crippen molar-refractivity contribution >= 4 is 44.4 Å². The van der Waals surface area contributed by atoms with Gasteiger partial charge in [-0.1, -0.05) is 17.4 Å². The normalized spacial score (nSPS) is 10.9. The Bertz CT molecular complexity index is 1160. The lowest BCUT2D eigenvalue weighted by atomic mass is 10.3. The maximum absolute atomic E-state index is 13.2. The quantitative estimate of drug-likeness (QED) is 0.210. The van der Waals surface area contributed by atoms with E-state index in [1.54, 1.807) is 37.1 Å². The van der Waals surface area contributed by atoms with Crippen molar-refractivity contribution in [1.29, 1.82) is 0 Å². The lowest BCUT2D eigenvalue weighted by Crippen LogP contribution is -2.30. The highest BCUT2D eigenvalue weighted by atomic mass is 32.2. The first-order valence-corrected chi connectivity index (χ1v) is 12.0. The number of carbonyl (C=O) groups is 1. The molecule has 4 rings (SSSR count). The first kappa shape index (κ1) is 22.2. The van der Waals surface area contributed by atoms with Crippen LogP contribution >= 0.6 is 23.1 Å². The van der Waals surface area contributed by atoms with E-state index in [0.29, 0.717) is 23.8 Å². The lowest BCUT2D eigenvalue weighted by molar-refractivity contribution is -0.118. The topological polar surface area (TPSA) is 64.8 Å². The van der Waals surface area contributed by atoms with Crippen molar-refractivity contribution in [1.82, 2.24) is 4.98 Å². The number of methoxy groups -OCH3 is 2. The molecule has 0 spiro atoms. The third kappa shape index (κ3) is 5.26. The zero-order valence-electron chi connectivity index (χ0n) is 17.9. The van der Waals surface area contributed by atoms with Crippen LogP contribution in [0.2, 0.25) is 0 Å². The second kappa shape index (κ2) is 10.6. The molecule has 166 valence electrons. The van der Waals surface area contributed by atoms with Crippen LogP contribution in [-0.4, -0.2) is 30.9 Å². The zero-order chi connectivity index (χ0) is 22.3. The van der Waals surface area contributed by atoms with Gasteiger partial charge in [0, 0.05) is 11.3 Å². The molecule has 0 radical (unpaired) electrons. The van der Waals surface area contributed by atoms with Gasteiger partial charge in [-0.2, -0.15) is 0 Å². The van der Waals surface area contributed by atoms with Crippen LogP contribution in [0.4, 0.5) is 5.13 Å². The van der Waals surface area contributed by atoms with E-state index < -0.39 is 0 Å². The van der Waals surface area contributed by atoms with Gasteiger partial charge >= 0.3 is 0 Å². The minimum Gasteiger partial charge on any atom is -0.497 e. The first-order chi connectivity index (χ1) is 15.7. The summed E-state index contributed by atoms with van der Waals surface area (Å²) in [6, 6.07) is 17.4. The van der Waals surface area contributed by atoms with Gasteiger partial charge in [-0.15, -0.1) is 11.8 Å². The first-order valence-electron chi connectivity index (χ1n) is 10.2. The molecule has 32 heavy (non-hydrogen) atoms. The Morgan fingerprint density at radius 1 is 1.09 bits per heavy atom. The van der Waals surface area contributed by atoms with Crippen molar-refractivity contribution in [3.8, 4) is 11.5 Å². The number of para-hydroxylation sites is 1. The Morgan fingerprint density at radius 2 is 1.94 bits per heavy atom. The van der Waals surface area contributed by atoms with Gasteiger partial charge in [0.1, 0.15) is 22.8 Å². The largest absolute Gasteiger partial charge is 0.497 e. The summed E-state index contributed by atoms with van der Waals surface area (Å²) in [4.78, 5) is 20.8. The van der Waals surface area contributed by atoms with E-state index in [1.165, 1.54) is 11.3 Å². The smallest absolute Gasteiger partial charge is 0.229 e. The number of hydrogen-bond acceptors (Lipinski definition) is 7. The highest BCUT2D eigenvalue weighted by molar-refractivity contribution is 7.99. The van der Waals surface area contributed by atoms with Crippen LogP contribution in [0, 0.1) is 0 Å². The third-order valence-electron chi connectivity index (χ3n) is 4.88. The summed E-state index contributed by atoms with van der Waals surface area (Å²) in [6.07, 6.45) is 2.81. The molecule has 1 amide bonds. The second-order valence-corrected chi connectivity index (χ2v) is 9.17. The number of thioether (sulfide) groups is 1. The molecule has 0 atom stereocenters. The summed E-state index contributed by atoms with van der Waals surface area (Å²) >= 11 is 3.21. The molecule has 0 fully saturated rings. The minimum absolute atomic E-state index is 0.0229. The van der Waals surface area contributed by atoms with Crippen molar-refractivity contribution in [2.75, 3.05) is 24.9 Å². The van der Waals surface area contributed by atoms with Crippen LogP contribution in [-0.2, 0) is 11.3 Å². The summed E-state index contributed by atoms with van der Waals surface area (Å²) in [6.45, 7) is 0.347. The minimum atomic E-state index is 0.0229. The van der Waals surface area contributed by atoms with E-state index in [0.717, 1.165) is 38.8 Å². The molecule has 6 nitrogen and oxygen atoms in total. The monoisotopic (exact) mass is 468 g/mol. The van der Waals surface area contributed by atoms with E-state index in [4.69, 9.17) is 18.9 Å². The van der Waals surface area contributed by atoms with Crippen molar-refractivity contribution < 1.29 is 18.7 Å². The molecule has 2 heterocycles. The molecule has 8 heteroatoms. The number of fused-ring (bicyclic) bond motifs is 1. The van der Waals surface area contributed by atoms with Gasteiger partial charge in [-0.25, -0.2) is 4.98 Å². The number of nitrogens with zero attached hydrogens (tertiary/aromatic N) is 2. The second-order valence-electron chi connectivity index (χ2n) is 6.99. The van der Waals surface area contributed by atoms with E-state index in [-0.39, 0.29) is 5.91 Å². The third-order valence-corrected chi connectivity index (χ3v) is 7.02. The fourth-order valence-corrected chi connectivity index (χ4v) is 5.09. The summed E-state index contributed by atoms with van der Waals surface area (Å²) in [5, 5.41) is 0.647. The molecule has 0 unspecified atom stereocenters. The summed E-state index contributed by atoms with van der Waals surface area (Å²) in [5.41, 5.74) is 0.766. The molecule has 2 aromatic heterocycles. The maximum Gasteiger partial charge on any atom is 0.229 e. The summed E-state index contributed by atoms with van der Waals surface area (Å²) < 4.78 is 17.1. The molecule has 0 N–H and O–H groups in total. The number of furan rings is 1. The molecule has 4 aromatic rings. The fourth-order valence-electron chi connectivity index (χ4n) is 3.23. The predicted octanol–water partition coefficient (Wildman–Crippen LogP) is 6.01. The van der Waals surface area contributed by atoms with Crippen molar-refractivity contribution in [2.45, 2.75) is 24.3 Å². The van der Waals surface area contributed by atoms with Gasteiger partial charge in [0.25, 0.3) is 0 Å². The molecule has 0 saturated heterocycles. The lowest BCUT2D eigenvalue weighted by Gasteiger charge is -2.18. The average Bonchev–Trinajstić information content (AvgIpc) is 3.50. The molecule has 2 aromatic carbocycles. The van der Waals surface area contributed by atoms with Gasteiger partial charge in [-0.05, 0) is 60.7 Å². The van der Waals surface area contributed by atoms with Crippen LogP contribution in [0.3, 0.4) is 0 Å². The maximum atomic E-state index is 13.2. The Balaban J connectivity index is 1.44. The highest BCUT2D eigenvalue weighted by Gasteiger charge is 2.22. The van der Waals surface area contributed by atoms with Crippen LogP contribution in [0.15, 0.2) is 70.2 Å². The summed E-state index contributed by atoms with van der Waals surface area (Å²) in [7, 11) is 3.28. The predicted molar refractivity (Wildman–Crippen MR) is 129 cm³/mol. The number of hydrogen-bond donors (Lipinski definition) is 0. The molecule has 0 aliphatic rings. The number of anilines is 1. The average molecular weight is 469 g/mol. The molecular weight excluding hydrogens is 444 g/mol. The van der Waals surface area contributed by atoms with Crippen LogP contribution < -0.4 is 14.4 Å². The summed E-state index contributed by atoms with van der Waals surface area (Å²) in [5.74, 6) is 3.13. The van der Waals surface area contributed by atoms with Gasteiger partial charge in [0.2, 0.25) is 5.91 Å². The zero-order valence-corrected chi connectivity index (χ0v) is 19.6. The number of carbonyl (C=O) groups excluding carboxylic acids is 1.